The lowest BCUT2D eigenvalue weighted by molar-refractivity contribution is 0.187. The van der Waals surface area contributed by atoms with E-state index < -0.39 is 6.09 Å². The lowest BCUT2D eigenvalue weighted by Crippen LogP contribution is -2.11. The van der Waals surface area contributed by atoms with E-state index in [1.54, 1.807) is 12.3 Å². The van der Waals surface area contributed by atoms with Crippen molar-refractivity contribution >= 4 is 11.8 Å². The molecule has 0 aliphatic heterocycles. The van der Waals surface area contributed by atoms with Crippen LogP contribution in [0, 0.1) is 0 Å². The van der Waals surface area contributed by atoms with Crippen LogP contribution in [0.2, 0.25) is 0 Å². The van der Waals surface area contributed by atoms with E-state index in [1.165, 1.54) is 7.11 Å². The Bertz CT molecular complexity index is 512. The first-order valence-electron chi connectivity index (χ1n) is 5.16. The number of anilines is 1. The molecule has 2 aromatic rings. The van der Waals surface area contributed by atoms with Gasteiger partial charge in [-0.25, -0.2) is 4.79 Å². The van der Waals surface area contributed by atoms with E-state index in [-0.39, 0.29) is 0 Å². The third-order valence-corrected chi connectivity index (χ3v) is 2.29. The van der Waals surface area contributed by atoms with Crippen LogP contribution in [0.1, 0.15) is 0 Å². The summed E-state index contributed by atoms with van der Waals surface area (Å²) in [5.74, 6) is 0. The van der Waals surface area contributed by atoms with Crippen molar-refractivity contribution in [3.63, 3.8) is 0 Å². The fourth-order valence-electron chi connectivity index (χ4n) is 1.50. The van der Waals surface area contributed by atoms with Crippen molar-refractivity contribution in [2.45, 2.75) is 0 Å². The number of nitrogens with zero attached hydrogens (tertiary/aromatic N) is 1. The summed E-state index contributed by atoms with van der Waals surface area (Å²) in [6, 6.07) is 13.1. The molecule has 0 aliphatic rings. The number of amides is 1. The van der Waals surface area contributed by atoms with Crippen molar-refractivity contribution in [3.8, 4) is 11.3 Å². The summed E-state index contributed by atoms with van der Waals surface area (Å²) in [5.41, 5.74) is 2.34. The molecule has 1 N–H and O–H groups in total. The van der Waals surface area contributed by atoms with Crippen molar-refractivity contribution in [1.29, 1.82) is 0 Å². The molecule has 1 aromatic heterocycles. The Labute approximate surface area is 99.3 Å². The third kappa shape index (κ3) is 2.60. The summed E-state index contributed by atoms with van der Waals surface area (Å²) in [6.07, 6.45) is 1.22. The Balaban J connectivity index is 2.38. The van der Waals surface area contributed by atoms with Crippen LogP contribution in [0.4, 0.5) is 10.5 Å². The first-order valence-corrected chi connectivity index (χ1v) is 5.16. The van der Waals surface area contributed by atoms with Gasteiger partial charge in [-0.05, 0) is 18.2 Å². The molecule has 0 unspecified atom stereocenters. The molecule has 1 aromatic carbocycles. The molecule has 0 spiro atoms. The highest BCUT2D eigenvalue weighted by Gasteiger charge is 2.08. The summed E-state index contributed by atoms with van der Waals surface area (Å²) in [7, 11) is 1.33. The first kappa shape index (κ1) is 11.1. The van der Waals surface area contributed by atoms with Crippen LogP contribution >= 0.6 is 0 Å². The van der Waals surface area contributed by atoms with Gasteiger partial charge in [-0.1, -0.05) is 24.3 Å². The molecule has 86 valence electrons. The molecule has 2 rings (SSSR count). The number of ether oxygens (including phenoxy) is 1. The number of para-hydroxylation sites is 1. The zero-order valence-electron chi connectivity index (χ0n) is 9.38. The quantitative estimate of drug-likeness (QED) is 0.859. The van der Waals surface area contributed by atoms with Crippen LogP contribution in [-0.4, -0.2) is 18.2 Å². The van der Waals surface area contributed by atoms with Crippen LogP contribution in [0.3, 0.4) is 0 Å². The number of pyridine rings is 1. The topological polar surface area (TPSA) is 51.2 Å². The Morgan fingerprint density at radius 3 is 2.65 bits per heavy atom. The second kappa shape index (κ2) is 5.12. The molecule has 1 heterocycles. The number of methoxy groups -OCH3 is 1. The molecule has 17 heavy (non-hydrogen) atoms. The molecule has 0 aliphatic carbocycles. The number of aromatic nitrogens is 1. The Hall–Kier alpha value is -2.36. The molecular weight excluding hydrogens is 216 g/mol. The number of hydrogen-bond donors (Lipinski definition) is 1. The van der Waals surface area contributed by atoms with Gasteiger partial charge in [0.2, 0.25) is 0 Å². The van der Waals surface area contributed by atoms with E-state index in [1.807, 2.05) is 36.4 Å². The van der Waals surface area contributed by atoms with Crippen LogP contribution in [0.25, 0.3) is 11.3 Å². The lowest BCUT2D eigenvalue weighted by atomic mass is 10.1. The second-order valence-electron chi connectivity index (χ2n) is 3.38. The summed E-state index contributed by atoms with van der Waals surface area (Å²) in [5, 5.41) is 2.66. The lowest BCUT2D eigenvalue weighted by Gasteiger charge is -2.09. The van der Waals surface area contributed by atoms with Crippen molar-refractivity contribution in [1.82, 2.24) is 4.98 Å². The van der Waals surface area contributed by atoms with Gasteiger partial charge in [-0.3, -0.25) is 10.3 Å². The fraction of sp³-hybridized carbons (Fsp3) is 0.0769. The standard InChI is InChI=1S/C13H12N2O2/c1-17-13(16)15-12-8-3-2-6-10(12)11-7-4-5-9-14-11/h2-9H,1H3,(H,15,16). The van der Waals surface area contributed by atoms with E-state index in [0.29, 0.717) is 5.69 Å². The van der Waals surface area contributed by atoms with Gasteiger partial charge in [0.05, 0.1) is 18.5 Å². The maximum atomic E-state index is 11.2. The number of benzene rings is 1. The molecule has 0 saturated heterocycles. The maximum absolute atomic E-state index is 11.2. The molecule has 0 radical (unpaired) electrons. The van der Waals surface area contributed by atoms with Crippen LogP contribution < -0.4 is 5.32 Å². The normalized spacial score (nSPS) is 9.71. The Morgan fingerprint density at radius 2 is 1.94 bits per heavy atom. The molecule has 4 heteroatoms. The summed E-state index contributed by atoms with van der Waals surface area (Å²) >= 11 is 0. The zero-order valence-corrected chi connectivity index (χ0v) is 9.38. The van der Waals surface area contributed by atoms with Crippen LogP contribution in [0.5, 0.6) is 0 Å². The minimum Gasteiger partial charge on any atom is -0.453 e. The number of carbonyl (C=O) groups excluding carboxylic acids is 1. The molecule has 4 nitrogen and oxygen atoms in total. The average molecular weight is 228 g/mol. The summed E-state index contributed by atoms with van der Waals surface area (Å²) in [6.45, 7) is 0. The molecule has 0 fully saturated rings. The SMILES string of the molecule is COC(=O)Nc1ccccc1-c1ccccn1. The summed E-state index contributed by atoms with van der Waals surface area (Å²) < 4.78 is 4.57. The number of carbonyl (C=O) groups is 1. The first-order chi connectivity index (χ1) is 8.31. The van der Waals surface area contributed by atoms with Crippen LogP contribution in [0.15, 0.2) is 48.7 Å². The predicted octanol–water partition coefficient (Wildman–Crippen LogP) is 2.93. The van der Waals surface area contributed by atoms with Crippen molar-refractivity contribution < 1.29 is 9.53 Å². The van der Waals surface area contributed by atoms with Gasteiger partial charge in [-0.15, -0.1) is 0 Å². The highest BCUT2D eigenvalue weighted by atomic mass is 16.5. The minimum atomic E-state index is -0.492. The third-order valence-electron chi connectivity index (χ3n) is 2.29. The van der Waals surface area contributed by atoms with Gasteiger partial charge in [-0.2, -0.15) is 0 Å². The van der Waals surface area contributed by atoms with Gasteiger partial charge in [0.1, 0.15) is 0 Å². The van der Waals surface area contributed by atoms with Gasteiger partial charge in [0.15, 0.2) is 0 Å². The van der Waals surface area contributed by atoms with Gasteiger partial charge < -0.3 is 4.74 Å². The largest absolute Gasteiger partial charge is 0.453 e. The predicted molar refractivity (Wildman–Crippen MR) is 65.7 cm³/mol. The monoisotopic (exact) mass is 228 g/mol. The Morgan fingerprint density at radius 1 is 1.18 bits per heavy atom. The van der Waals surface area contributed by atoms with E-state index in [9.17, 15) is 4.79 Å². The smallest absolute Gasteiger partial charge is 0.411 e. The molecule has 0 bridgehead atoms. The second-order valence-corrected chi connectivity index (χ2v) is 3.38. The fourth-order valence-corrected chi connectivity index (χ4v) is 1.50. The highest BCUT2D eigenvalue weighted by Crippen LogP contribution is 2.25. The minimum absolute atomic E-state index is 0.492. The number of rotatable bonds is 2. The zero-order chi connectivity index (χ0) is 12.1. The molecule has 1 amide bonds. The van der Waals surface area contributed by atoms with Crippen molar-refractivity contribution in [3.05, 3.63) is 48.7 Å². The van der Waals surface area contributed by atoms with Gasteiger partial charge in [0, 0.05) is 11.8 Å². The van der Waals surface area contributed by atoms with Gasteiger partial charge >= 0.3 is 6.09 Å². The van der Waals surface area contributed by atoms with Gasteiger partial charge in [0.25, 0.3) is 0 Å². The van der Waals surface area contributed by atoms with Crippen molar-refractivity contribution in [2.75, 3.05) is 12.4 Å². The molecule has 0 atom stereocenters. The Kier molecular flexibility index (Phi) is 3.35. The van der Waals surface area contributed by atoms with E-state index >= 15 is 0 Å². The van der Waals surface area contributed by atoms with E-state index in [0.717, 1.165) is 11.3 Å². The number of hydrogen-bond acceptors (Lipinski definition) is 3. The average Bonchev–Trinajstić information content (AvgIpc) is 2.40. The van der Waals surface area contributed by atoms with Crippen LogP contribution in [-0.2, 0) is 4.74 Å². The van der Waals surface area contributed by atoms with Crippen molar-refractivity contribution in [2.24, 2.45) is 0 Å². The summed E-state index contributed by atoms with van der Waals surface area (Å²) in [4.78, 5) is 15.5. The van der Waals surface area contributed by atoms with E-state index in [4.69, 9.17) is 0 Å². The van der Waals surface area contributed by atoms with E-state index in [2.05, 4.69) is 15.0 Å². The maximum Gasteiger partial charge on any atom is 0.411 e. The molecule has 0 saturated carbocycles. The molecular formula is C13H12N2O2. The highest BCUT2D eigenvalue weighted by molar-refractivity contribution is 5.90. The number of nitrogens with one attached hydrogen (secondary N) is 1.